The lowest BCUT2D eigenvalue weighted by atomic mass is 9.87. The maximum atomic E-state index is 13.3. The topological polar surface area (TPSA) is 53.5 Å². The van der Waals surface area contributed by atoms with Crippen LogP contribution in [0.25, 0.3) is 21.7 Å². The van der Waals surface area contributed by atoms with E-state index in [1.54, 1.807) is 16.4 Å². The number of rotatable bonds is 3. The Morgan fingerprint density at radius 1 is 0.727 bits per heavy atom. The number of hydrogen-bond donors (Lipinski definition) is 0. The monoisotopic (exact) mass is 459 g/mol. The molecule has 0 N–H and O–H groups in total. The fourth-order valence-corrected chi connectivity index (χ4v) is 5.97. The molecule has 1 aromatic heterocycles. The van der Waals surface area contributed by atoms with Crippen LogP contribution in [0.4, 0.5) is 5.82 Å². The van der Waals surface area contributed by atoms with Crippen molar-refractivity contribution in [3.63, 3.8) is 0 Å². The van der Waals surface area contributed by atoms with Crippen molar-refractivity contribution < 1.29 is 8.42 Å². The minimum atomic E-state index is -3.52. The number of benzene rings is 3. The molecular weight excluding hydrogens is 430 g/mol. The van der Waals surface area contributed by atoms with Gasteiger partial charge in [-0.2, -0.15) is 4.31 Å². The quantitative estimate of drug-likeness (QED) is 0.395. The molecule has 5 nitrogen and oxygen atoms in total. The third-order valence-electron chi connectivity index (χ3n) is 6.48. The molecule has 0 atom stereocenters. The van der Waals surface area contributed by atoms with Gasteiger partial charge in [-0.1, -0.05) is 75.4 Å². The number of hydrogen-bond acceptors (Lipinski definition) is 4. The molecule has 1 aliphatic heterocycles. The normalized spacial score (nSPS) is 15.9. The van der Waals surface area contributed by atoms with Gasteiger partial charge in [0.25, 0.3) is 0 Å². The Kier molecular flexibility index (Phi) is 5.38. The van der Waals surface area contributed by atoms with Gasteiger partial charge >= 0.3 is 0 Å². The molecule has 0 bridgehead atoms. The molecule has 3 aromatic carbocycles. The van der Waals surface area contributed by atoms with E-state index in [0.29, 0.717) is 31.1 Å². The van der Waals surface area contributed by atoms with Crippen LogP contribution in [0.3, 0.4) is 0 Å². The molecule has 4 aromatic rings. The molecule has 0 saturated carbocycles. The largest absolute Gasteiger partial charge is 0.353 e. The minimum absolute atomic E-state index is 0.0104. The fraction of sp³-hybridized carbons (Fsp3) is 0.296. The second-order valence-electron chi connectivity index (χ2n) is 9.66. The average Bonchev–Trinajstić information content (AvgIpc) is 2.83. The van der Waals surface area contributed by atoms with E-state index in [4.69, 9.17) is 4.98 Å². The Labute approximate surface area is 195 Å². The van der Waals surface area contributed by atoms with Crippen LogP contribution in [0.5, 0.6) is 0 Å². The van der Waals surface area contributed by atoms with E-state index in [9.17, 15) is 8.42 Å². The summed E-state index contributed by atoms with van der Waals surface area (Å²) in [5.41, 5.74) is 2.07. The second-order valence-corrected chi connectivity index (χ2v) is 11.6. The average molecular weight is 460 g/mol. The summed E-state index contributed by atoms with van der Waals surface area (Å²) >= 11 is 0. The number of para-hydroxylation sites is 1. The zero-order chi connectivity index (χ0) is 23.2. The summed E-state index contributed by atoms with van der Waals surface area (Å²) in [4.78, 5) is 7.53. The van der Waals surface area contributed by atoms with Crippen molar-refractivity contribution >= 4 is 37.5 Å². The molecule has 2 heterocycles. The highest BCUT2D eigenvalue weighted by molar-refractivity contribution is 7.89. The van der Waals surface area contributed by atoms with Crippen molar-refractivity contribution in [1.82, 2.24) is 9.29 Å². The first-order valence-electron chi connectivity index (χ1n) is 11.4. The standard InChI is InChI=1S/C27H29N3O2S/c1-27(2,3)20-12-14-21(15-13-20)33(31,32)30-18-16-29(17-19-30)26-24-10-5-4-8-22(24)23-9-6-7-11-25(23)28-26/h4-15H,16-19H2,1-3H3. The number of fused-ring (bicyclic) bond motifs is 3. The predicted octanol–water partition coefficient (Wildman–Crippen LogP) is 5.20. The lowest BCUT2D eigenvalue weighted by Gasteiger charge is -2.35. The highest BCUT2D eigenvalue weighted by Gasteiger charge is 2.30. The van der Waals surface area contributed by atoms with Crippen molar-refractivity contribution in [1.29, 1.82) is 0 Å². The number of nitrogens with zero attached hydrogens (tertiary/aromatic N) is 3. The van der Waals surface area contributed by atoms with Crippen molar-refractivity contribution in [3.8, 4) is 0 Å². The number of piperazine rings is 1. The summed E-state index contributed by atoms with van der Waals surface area (Å²) in [5.74, 6) is 0.927. The van der Waals surface area contributed by atoms with Gasteiger partial charge in [-0.25, -0.2) is 13.4 Å². The Bertz CT molecular complexity index is 1420. The van der Waals surface area contributed by atoms with E-state index in [1.165, 1.54) is 5.39 Å². The lowest BCUT2D eigenvalue weighted by Crippen LogP contribution is -2.49. The molecule has 1 aliphatic rings. The molecule has 0 spiro atoms. The molecule has 0 unspecified atom stereocenters. The van der Waals surface area contributed by atoms with Crippen LogP contribution in [0.15, 0.2) is 77.7 Å². The Morgan fingerprint density at radius 2 is 1.30 bits per heavy atom. The summed E-state index contributed by atoms with van der Waals surface area (Å²) in [6.07, 6.45) is 0. The van der Waals surface area contributed by atoms with E-state index in [2.05, 4.69) is 43.9 Å². The highest BCUT2D eigenvalue weighted by Crippen LogP contribution is 2.32. The summed E-state index contributed by atoms with van der Waals surface area (Å²) in [6, 6.07) is 23.8. The van der Waals surface area contributed by atoms with Gasteiger partial charge in [-0.05, 0) is 34.6 Å². The smallest absolute Gasteiger partial charge is 0.243 e. The van der Waals surface area contributed by atoms with Gasteiger partial charge in [-0.3, -0.25) is 0 Å². The first-order chi connectivity index (χ1) is 15.7. The van der Waals surface area contributed by atoms with E-state index in [-0.39, 0.29) is 5.41 Å². The van der Waals surface area contributed by atoms with Crippen molar-refractivity contribution in [2.45, 2.75) is 31.1 Å². The van der Waals surface area contributed by atoms with E-state index in [1.807, 2.05) is 42.5 Å². The van der Waals surface area contributed by atoms with Gasteiger partial charge in [0.1, 0.15) is 5.82 Å². The summed E-state index contributed by atoms with van der Waals surface area (Å²) < 4.78 is 28.1. The van der Waals surface area contributed by atoms with Gasteiger partial charge in [0, 0.05) is 37.0 Å². The van der Waals surface area contributed by atoms with E-state index >= 15 is 0 Å². The maximum absolute atomic E-state index is 13.3. The van der Waals surface area contributed by atoms with E-state index in [0.717, 1.165) is 27.7 Å². The van der Waals surface area contributed by atoms with Crippen LogP contribution in [0.2, 0.25) is 0 Å². The first-order valence-corrected chi connectivity index (χ1v) is 12.8. The Balaban J connectivity index is 1.40. The Morgan fingerprint density at radius 3 is 1.94 bits per heavy atom. The van der Waals surface area contributed by atoms with Crippen molar-refractivity contribution in [2.24, 2.45) is 0 Å². The van der Waals surface area contributed by atoms with Gasteiger partial charge < -0.3 is 4.90 Å². The van der Waals surface area contributed by atoms with Gasteiger partial charge in [-0.15, -0.1) is 0 Å². The molecular formula is C27H29N3O2S. The maximum Gasteiger partial charge on any atom is 0.243 e. The third kappa shape index (κ3) is 3.98. The predicted molar refractivity (Wildman–Crippen MR) is 135 cm³/mol. The van der Waals surface area contributed by atoms with Gasteiger partial charge in [0.15, 0.2) is 0 Å². The number of pyridine rings is 1. The molecule has 1 saturated heterocycles. The van der Waals surface area contributed by atoms with Crippen molar-refractivity contribution in [3.05, 3.63) is 78.4 Å². The number of aromatic nitrogens is 1. The van der Waals surface area contributed by atoms with Crippen LogP contribution in [0.1, 0.15) is 26.3 Å². The fourth-order valence-electron chi connectivity index (χ4n) is 4.54. The van der Waals surface area contributed by atoms with Crippen LogP contribution in [-0.2, 0) is 15.4 Å². The van der Waals surface area contributed by atoms with Gasteiger partial charge in [0.2, 0.25) is 10.0 Å². The number of anilines is 1. The minimum Gasteiger partial charge on any atom is -0.353 e. The van der Waals surface area contributed by atoms with Crippen LogP contribution in [0, 0.1) is 0 Å². The zero-order valence-corrected chi connectivity index (χ0v) is 20.1. The van der Waals surface area contributed by atoms with E-state index < -0.39 is 10.0 Å². The zero-order valence-electron chi connectivity index (χ0n) is 19.3. The van der Waals surface area contributed by atoms with Crippen molar-refractivity contribution in [2.75, 3.05) is 31.1 Å². The number of sulfonamides is 1. The molecule has 33 heavy (non-hydrogen) atoms. The Hall–Kier alpha value is -2.96. The third-order valence-corrected chi connectivity index (χ3v) is 8.40. The molecule has 170 valence electrons. The molecule has 6 heteroatoms. The molecule has 1 fully saturated rings. The van der Waals surface area contributed by atoms with Crippen LogP contribution >= 0.6 is 0 Å². The SMILES string of the molecule is CC(C)(C)c1ccc(S(=O)(=O)N2CCN(c3nc4ccccc4c4ccccc34)CC2)cc1. The summed E-state index contributed by atoms with van der Waals surface area (Å²) in [5, 5.41) is 3.41. The first kappa shape index (κ1) is 21.9. The second kappa shape index (κ2) is 8.12. The summed E-state index contributed by atoms with van der Waals surface area (Å²) in [6.45, 7) is 8.46. The molecule has 0 radical (unpaired) electrons. The summed E-state index contributed by atoms with van der Waals surface area (Å²) in [7, 11) is -3.52. The van der Waals surface area contributed by atoms with Crippen LogP contribution in [-0.4, -0.2) is 43.9 Å². The molecule has 5 rings (SSSR count). The lowest BCUT2D eigenvalue weighted by molar-refractivity contribution is 0.384. The van der Waals surface area contributed by atoms with Gasteiger partial charge in [0.05, 0.1) is 10.4 Å². The molecule has 0 aliphatic carbocycles. The highest BCUT2D eigenvalue weighted by atomic mass is 32.2. The molecule has 0 amide bonds. The van der Waals surface area contributed by atoms with Crippen LogP contribution < -0.4 is 4.90 Å².